The van der Waals surface area contributed by atoms with Gasteiger partial charge in [0, 0.05) is 11.5 Å². The van der Waals surface area contributed by atoms with E-state index >= 15 is 0 Å². The van der Waals surface area contributed by atoms with Crippen molar-refractivity contribution in [1.29, 1.82) is 0 Å². The van der Waals surface area contributed by atoms with Crippen molar-refractivity contribution in [3.63, 3.8) is 0 Å². The molecule has 1 aliphatic heterocycles. The van der Waals surface area contributed by atoms with Crippen LogP contribution < -0.4 is 29.6 Å². The van der Waals surface area contributed by atoms with Gasteiger partial charge in [0.15, 0.2) is 0 Å². The number of amides is 1. The van der Waals surface area contributed by atoms with Crippen LogP contribution in [0.2, 0.25) is 0 Å². The quantitative estimate of drug-likeness (QED) is 0.315. The van der Waals surface area contributed by atoms with E-state index in [2.05, 4.69) is 4.99 Å². The molecule has 0 bridgehead atoms. The van der Waals surface area contributed by atoms with E-state index in [1.54, 1.807) is 0 Å². The van der Waals surface area contributed by atoms with Gasteiger partial charge >= 0.3 is 29.6 Å². The molecule has 0 aliphatic carbocycles. The van der Waals surface area contributed by atoms with Crippen LogP contribution in [0, 0.1) is 0 Å². The van der Waals surface area contributed by atoms with Gasteiger partial charge in [-0.15, -0.1) is 0 Å². The number of rotatable bonds is 4. The molecule has 1 rings (SSSR count). The van der Waals surface area contributed by atoms with Crippen molar-refractivity contribution in [1.82, 2.24) is 0 Å². The zero-order valence-electron chi connectivity index (χ0n) is 8.13. The Morgan fingerprint density at radius 2 is 2.20 bits per heavy atom. The van der Waals surface area contributed by atoms with Crippen molar-refractivity contribution in [3.8, 4) is 0 Å². The smallest absolute Gasteiger partial charge is 0.748 e. The third-order valence-electron chi connectivity index (χ3n) is 1.30. The van der Waals surface area contributed by atoms with Gasteiger partial charge in [0.1, 0.15) is 4.38 Å². The monoisotopic (exact) mass is 277 g/mol. The van der Waals surface area contributed by atoms with Crippen LogP contribution in [0.15, 0.2) is 4.99 Å². The minimum Gasteiger partial charge on any atom is -0.748 e. The zero-order chi connectivity index (χ0) is 10.6. The Kier molecular flexibility index (Phi) is 7.77. The van der Waals surface area contributed by atoms with Crippen LogP contribution in [0.5, 0.6) is 0 Å². The third-order valence-corrected chi connectivity index (χ3v) is 4.36. The van der Waals surface area contributed by atoms with Crippen molar-refractivity contribution >= 4 is 43.9 Å². The summed E-state index contributed by atoms with van der Waals surface area (Å²) in [6.07, 6.45) is 0.296. The summed E-state index contributed by atoms with van der Waals surface area (Å²) in [6.45, 7) is 0. The van der Waals surface area contributed by atoms with Crippen molar-refractivity contribution in [2.24, 2.45) is 4.99 Å². The molecule has 9 heteroatoms. The van der Waals surface area contributed by atoms with Crippen LogP contribution in [-0.4, -0.2) is 40.5 Å². The molecule has 0 unspecified atom stereocenters. The molecule has 0 saturated heterocycles. The summed E-state index contributed by atoms with van der Waals surface area (Å²) < 4.78 is 31.3. The first kappa shape index (κ1) is 16.0. The molecule has 0 aromatic carbocycles. The average Bonchev–Trinajstić information content (AvgIpc) is 2.44. The molecule has 0 aromatic heterocycles. The van der Waals surface area contributed by atoms with E-state index < -0.39 is 10.1 Å². The van der Waals surface area contributed by atoms with Crippen LogP contribution in [0.25, 0.3) is 0 Å². The van der Waals surface area contributed by atoms with Gasteiger partial charge in [-0.3, -0.25) is 4.79 Å². The van der Waals surface area contributed by atoms with E-state index in [1.165, 1.54) is 23.5 Å². The van der Waals surface area contributed by atoms with Gasteiger partial charge < -0.3 is 4.55 Å². The Morgan fingerprint density at radius 3 is 2.67 bits per heavy atom. The number of aliphatic imine (C=N–C) groups is 1. The van der Waals surface area contributed by atoms with Gasteiger partial charge in [0.05, 0.1) is 15.9 Å². The molecule has 1 heterocycles. The van der Waals surface area contributed by atoms with Gasteiger partial charge in [-0.2, -0.15) is 4.99 Å². The summed E-state index contributed by atoms with van der Waals surface area (Å²) in [6, 6.07) is 0. The summed E-state index contributed by atoms with van der Waals surface area (Å²) in [5.74, 6) is 0.350. The Balaban J connectivity index is 0.00000196. The first-order valence-corrected chi connectivity index (χ1v) is 7.33. The minimum absolute atomic E-state index is 0. The van der Waals surface area contributed by atoms with E-state index in [4.69, 9.17) is 0 Å². The SMILES string of the molecule is O=C1CSC(SCCCS(=O)(=O)[O-])=N1.[Na+]. The topological polar surface area (TPSA) is 86.6 Å². The van der Waals surface area contributed by atoms with Gasteiger partial charge in [0.2, 0.25) is 0 Å². The average molecular weight is 277 g/mol. The molecular weight excluding hydrogens is 269 g/mol. The fraction of sp³-hybridized carbons (Fsp3) is 0.667. The maximum atomic E-state index is 10.7. The second-order valence-electron chi connectivity index (χ2n) is 2.52. The molecule has 0 aromatic rings. The van der Waals surface area contributed by atoms with E-state index in [-0.39, 0.29) is 41.2 Å². The van der Waals surface area contributed by atoms with Gasteiger partial charge in [-0.05, 0) is 6.42 Å². The van der Waals surface area contributed by atoms with Crippen molar-refractivity contribution in [3.05, 3.63) is 0 Å². The Morgan fingerprint density at radius 1 is 1.53 bits per heavy atom. The molecule has 5 nitrogen and oxygen atoms in total. The normalized spacial score (nSPS) is 16.1. The number of nitrogens with zero attached hydrogens (tertiary/aromatic N) is 1. The van der Waals surface area contributed by atoms with Gasteiger partial charge in [0.25, 0.3) is 5.91 Å². The summed E-state index contributed by atoms with van der Waals surface area (Å²) in [5, 5.41) is 0. The number of carbonyl (C=O) groups excluding carboxylic acids is 1. The minimum atomic E-state index is -4.11. The summed E-state index contributed by atoms with van der Waals surface area (Å²) in [7, 11) is -4.11. The van der Waals surface area contributed by atoms with E-state index in [1.807, 2.05) is 0 Å². The van der Waals surface area contributed by atoms with Gasteiger partial charge in [-0.25, -0.2) is 8.42 Å². The van der Waals surface area contributed by atoms with Crippen LogP contribution in [-0.2, 0) is 14.9 Å². The molecule has 1 amide bonds. The third kappa shape index (κ3) is 7.78. The predicted octanol–water partition coefficient (Wildman–Crippen LogP) is -2.71. The molecular formula is C6H8NNaO4S3. The number of carbonyl (C=O) groups is 1. The molecule has 0 radical (unpaired) electrons. The number of thioether (sulfide) groups is 2. The molecule has 0 fully saturated rings. The van der Waals surface area contributed by atoms with Gasteiger partial charge in [-0.1, -0.05) is 23.5 Å². The van der Waals surface area contributed by atoms with Crippen molar-refractivity contribution in [2.45, 2.75) is 6.42 Å². The molecule has 1 aliphatic rings. The second kappa shape index (κ2) is 7.31. The fourth-order valence-electron chi connectivity index (χ4n) is 0.759. The maximum absolute atomic E-state index is 10.7. The second-order valence-corrected chi connectivity index (χ2v) is 6.35. The van der Waals surface area contributed by atoms with Crippen LogP contribution in [0.1, 0.15) is 6.42 Å². The predicted molar refractivity (Wildman–Crippen MR) is 56.5 cm³/mol. The molecule has 15 heavy (non-hydrogen) atoms. The van der Waals surface area contributed by atoms with Crippen molar-refractivity contribution < 1.29 is 47.3 Å². The Labute approximate surface area is 119 Å². The molecule has 80 valence electrons. The number of hydrogen-bond acceptors (Lipinski definition) is 6. The van der Waals surface area contributed by atoms with E-state index in [0.29, 0.717) is 22.3 Å². The first-order chi connectivity index (χ1) is 6.47. The van der Waals surface area contributed by atoms with Crippen LogP contribution in [0.4, 0.5) is 0 Å². The van der Waals surface area contributed by atoms with E-state index in [0.717, 1.165) is 0 Å². The molecule has 0 atom stereocenters. The standard InChI is InChI=1S/C6H9NO4S3.Na/c8-5-4-13-6(7-5)12-2-1-3-14(9,10)11;/h1-4H2,(H,9,10,11);/q;+1/p-1. The Hall–Kier alpha value is 0.950. The first-order valence-electron chi connectivity index (χ1n) is 3.78. The summed E-state index contributed by atoms with van der Waals surface area (Å²) >= 11 is 2.66. The summed E-state index contributed by atoms with van der Waals surface area (Å²) in [5.41, 5.74) is 0. The Bertz CT molecular complexity index is 353. The number of hydrogen-bond donors (Lipinski definition) is 0. The van der Waals surface area contributed by atoms with Crippen LogP contribution >= 0.6 is 23.5 Å². The summed E-state index contributed by atoms with van der Waals surface area (Å²) in [4.78, 5) is 14.4. The largest absolute Gasteiger partial charge is 1.00 e. The van der Waals surface area contributed by atoms with Crippen LogP contribution in [0.3, 0.4) is 0 Å². The van der Waals surface area contributed by atoms with E-state index in [9.17, 15) is 17.8 Å². The fourth-order valence-corrected chi connectivity index (χ4v) is 3.31. The maximum Gasteiger partial charge on any atom is 1.00 e. The molecule has 0 spiro atoms. The molecule has 0 saturated carbocycles. The van der Waals surface area contributed by atoms with Crippen molar-refractivity contribution in [2.75, 3.05) is 17.3 Å². The zero-order valence-corrected chi connectivity index (χ0v) is 12.6. The molecule has 0 N–H and O–H groups in total.